The Labute approximate surface area is 443 Å². The predicted octanol–water partition coefficient (Wildman–Crippen LogP) is -2.30. The van der Waals surface area contributed by atoms with Gasteiger partial charge < -0.3 is 76.9 Å². The maximum absolute atomic E-state index is 14.5. The number of aliphatic imine (C=N–C) groups is 1. The Morgan fingerprint density at radius 2 is 1.22 bits per heavy atom. The molecular formula is C47H87N15O10S2. The summed E-state index contributed by atoms with van der Waals surface area (Å²) in [6, 6.07) is -10.8. The van der Waals surface area contributed by atoms with Crippen molar-refractivity contribution in [3.05, 3.63) is 0 Å². The third-order valence-electron chi connectivity index (χ3n) is 11.9. The first-order valence-corrected chi connectivity index (χ1v) is 28.0. The minimum absolute atomic E-state index is 0.0410. The number of carbonyl (C=O) groups is 10. The Balaban J connectivity index is 3.70. The van der Waals surface area contributed by atoms with Gasteiger partial charge in [0.15, 0.2) is 5.96 Å². The number of unbranched alkanes of at least 4 members (excludes halogenated alkanes) is 1. The van der Waals surface area contributed by atoms with E-state index >= 15 is 0 Å². The molecule has 1 heterocycles. The molecule has 0 radical (unpaired) electrons. The maximum Gasteiger partial charge on any atom is 0.244 e. The molecule has 0 aliphatic carbocycles. The monoisotopic (exact) mass is 1090 g/mol. The Kier molecular flexibility index (Phi) is 31.5. The number of nitrogens with two attached hydrogens (primary N) is 6. The average molecular weight is 1090 g/mol. The molecule has 0 bridgehead atoms. The van der Waals surface area contributed by atoms with E-state index < -0.39 is 119 Å². The van der Waals surface area contributed by atoms with E-state index in [0.717, 1.165) is 21.6 Å². The molecule has 10 amide bonds. The van der Waals surface area contributed by atoms with Crippen molar-refractivity contribution in [2.24, 2.45) is 63.1 Å². The van der Waals surface area contributed by atoms with E-state index in [1.807, 2.05) is 34.6 Å². The number of primary amides is 2. The molecule has 0 aromatic heterocycles. The molecule has 25 nitrogen and oxygen atoms in total. The first-order chi connectivity index (χ1) is 34.7. The molecule has 1 saturated heterocycles. The van der Waals surface area contributed by atoms with E-state index in [1.165, 1.54) is 0 Å². The van der Waals surface area contributed by atoms with Gasteiger partial charge in [0.25, 0.3) is 0 Å². The fraction of sp³-hybridized carbons (Fsp3) is 0.766. The first kappa shape index (κ1) is 66.6. The molecule has 10 atom stereocenters. The van der Waals surface area contributed by atoms with Gasteiger partial charge in [-0.05, 0) is 81.6 Å². The van der Waals surface area contributed by atoms with E-state index in [4.69, 9.17) is 34.4 Å². The van der Waals surface area contributed by atoms with Crippen LogP contribution in [0.3, 0.4) is 0 Å². The van der Waals surface area contributed by atoms with Crippen LogP contribution in [0.4, 0.5) is 0 Å². The molecule has 74 heavy (non-hydrogen) atoms. The van der Waals surface area contributed by atoms with Gasteiger partial charge in [-0.15, -0.1) is 0 Å². The summed E-state index contributed by atoms with van der Waals surface area (Å²) in [6.07, 6.45) is 2.07. The van der Waals surface area contributed by atoms with Crippen LogP contribution >= 0.6 is 21.6 Å². The van der Waals surface area contributed by atoms with Crippen LogP contribution < -0.4 is 76.9 Å². The minimum Gasteiger partial charge on any atom is -0.370 e. The van der Waals surface area contributed by atoms with Gasteiger partial charge in [-0.1, -0.05) is 89.8 Å². The van der Waals surface area contributed by atoms with Crippen molar-refractivity contribution >= 4 is 86.6 Å². The number of hydrogen-bond donors (Lipinski definition) is 14. The van der Waals surface area contributed by atoms with Crippen molar-refractivity contribution < 1.29 is 47.9 Å². The van der Waals surface area contributed by atoms with Gasteiger partial charge in [-0.3, -0.25) is 52.9 Å². The zero-order valence-electron chi connectivity index (χ0n) is 44.4. The number of guanidine groups is 1. The molecule has 1 rings (SSSR count). The lowest BCUT2D eigenvalue weighted by Crippen LogP contribution is -2.62. The van der Waals surface area contributed by atoms with Crippen molar-refractivity contribution in [2.45, 2.75) is 180 Å². The van der Waals surface area contributed by atoms with E-state index in [2.05, 4.69) is 47.5 Å². The smallest absolute Gasteiger partial charge is 0.244 e. The van der Waals surface area contributed by atoms with Crippen molar-refractivity contribution in [3.63, 3.8) is 0 Å². The van der Waals surface area contributed by atoms with Crippen LogP contribution in [0, 0.1) is 23.7 Å². The first-order valence-electron chi connectivity index (χ1n) is 25.5. The Hall–Kier alpha value is -5.41. The van der Waals surface area contributed by atoms with Crippen LogP contribution in [-0.2, 0) is 47.9 Å². The molecule has 0 spiro atoms. The fourth-order valence-electron chi connectivity index (χ4n) is 7.55. The number of amides is 10. The zero-order chi connectivity index (χ0) is 56.2. The molecule has 1 aliphatic heterocycles. The van der Waals surface area contributed by atoms with Crippen LogP contribution in [0.15, 0.2) is 4.99 Å². The van der Waals surface area contributed by atoms with Crippen LogP contribution in [0.1, 0.15) is 126 Å². The Morgan fingerprint density at radius 3 is 1.73 bits per heavy atom. The second kappa shape index (κ2) is 35.0. The lowest BCUT2D eigenvalue weighted by atomic mass is 9.96. The van der Waals surface area contributed by atoms with Gasteiger partial charge in [0.2, 0.25) is 59.1 Å². The molecule has 1 aliphatic rings. The second-order valence-electron chi connectivity index (χ2n) is 20.0. The molecule has 0 aromatic carbocycles. The molecule has 0 aromatic rings. The van der Waals surface area contributed by atoms with E-state index in [-0.39, 0.29) is 86.7 Å². The molecular weight excluding hydrogens is 999 g/mol. The van der Waals surface area contributed by atoms with E-state index in [0.29, 0.717) is 32.2 Å². The third-order valence-corrected chi connectivity index (χ3v) is 14.3. The van der Waals surface area contributed by atoms with Gasteiger partial charge in [0, 0.05) is 24.5 Å². The molecule has 0 unspecified atom stereocenters. The van der Waals surface area contributed by atoms with Gasteiger partial charge in [-0.2, -0.15) is 0 Å². The second-order valence-corrected chi connectivity index (χ2v) is 22.6. The summed E-state index contributed by atoms with van der Waals surface area (Å²) in [4.78, 5) is 140. The van der Waals surface area contributed by atoms with Gasteiger partial charge in [-0.25, -0.2) is 0 Å². The number of nitrogens with one attached hydrogen (secondary N) is 8. The Morgan fingerprint density at radius 1 is 0.649 bits per heavy atom. The number of hydrogen-bond acceptors (Lipinski definition) is 15. The molecule has 20 N–H and O–H groups in total. The van der Waals surface area contributed by atoms with Crippen molar-refractivity contribution in [1.82, 2.24) is 42.5 Å². The largest absolute Gasteiger partial charge is 0.370 e. The van der Waals surface area contributed by atoms with Crippen molar-refractivity contribution in [2.75, 3.05) is 24.6 Å². The van der Waals surface area contributed by atoms with E-state index in [1.54, 1.807) is 20.8 Å². The van der Waals surface area contributed by atoms with Crippen LogP contribution in [0.2, 0.25) is 0 Å². The number of nitrogens with zero attached hydrogens (tertiary/aromatic N) is 1. The molecule has 27 heteroatoms. The van der Waals surface area contributed by atoms with E-state index in [9.17, 15) is 47.9 Å². The predicted molar refractivity (Wildman–Crippen MR) is 287 cm³/mol. The van der Waals surface area contributed by atoms with Gasteiger partial charge in [0.05, 0.1) is 6.04 Å². The number of carbonyl (C=O) groups excluding carboxylic acids is 10. The summed E-state index contributed by atoms with van der Waals surface area (Å²) >= 11 is 0. The van der Waals surface area contributed by atoms with Crippen molar-refractivity contribution in [1.29, 1.82) is 0 Å². The highest BCUT2D eigenvalue weighted by atomic mass is 33.1. The third kappa shape index (κ3) is 26.2. The summed E-state index contributed by atoms with van der Waals surface area (Å²) in [5.74, 6) is -8.55. The van der Waals surface area contributed by atoms with Gasteiger partial charge in [0.1, 0.15) is 48.3 Å². The zero-order valence-corrected chi connectivity index (χ0v) is 46.1. The number of rotatable bonds is 30. The molecule has 1 fully saturated rings. The topological polar surface area (TPSA) is 435 Å². The highest BCUT2D eigenvalue weighted by Crippen LogP contribution is 2.24. The van der Waals surface area contributed by atoms with Crippen molar-refractivity contribution in [3.8, 4) is 0 Å². The van der Waals surface area contributed by atoms with Crippen LogP contribution in [0.5, 0.6) is 0 Å². The summed E-state index contributed by atoms with van der Waals surface area (Å²) in [6.45, 7) is 15.0. The van der Waals surface area contributed by atoms with Crippen LogP contribution in [0.25, 0.3) is 0 Å². The lowest BCUT2D eigenvalue weighted by Gasteiger charge is -2.30. The highest BCUT2D eigenvalue weighted by Gasteiger charge is 2.37. The average Bonchev–Trinajstić information content (AvgIpc) is 3.31. The SMILES string of the molecule is CC[C@H](C)[C@@H]1NC(=O)[C@H](NC(=O)[C@@H](N)CCCCN)CSSC[C@H](C(=O)N[C@@H](CCCN=C(N)N)C(=O)N[C@@H](CC(C)C)C(=O)N[C@@H](CC(C)C)C(=O)N[C@@H](CCC(N)=O)C(N)=O)NC(=O)[C@H](CC(C)C)NC1=O. The Bertz CT molecular complexity index is 1910. The van der Waals surface area contributed by atoms with Gasteiger partial charge >= 0.3 is 0 Å². The summed E-state index contributed by atoms with van der Waals surface area (Å²) < 4.78 is 0. The maximum atomic E-state index is 14.5. The van der Waals surface area contributed by atoms with Crippen LogP contribution in [-0.4, -0.2) is 144 Å². The standard InChI is InChI=1S/C47H87N15O10S2/c1-9-27(8)37-46(72)59-33(21-26(6)7)43(69)61-34(22-73-74-23-35(45(71)62-37)60-39(65)28(49)13-10-11-17-48)44(70)56-30(14-12-18-54-47(52)53)40(66)57-32(20-25(4)5)42(68)58-31(19-24(2)3)41(67)55-29(38(51)64)15-16-36(50)63/h24-35,37H,9-23,48-49H2,1-8H3,(H2,50,63)(H2,51,64)(H,55,67)(H,56,70)(H,57,66)(H,58,68)(H,59,72)(H,60,65)(H,61,69)(H,62,71)(H4,52,53,54)/t27-,28-,29-,30-,31-,32-,33-,34+,35+,37-/m0/s1. The normalized spacial score (nSPS) is 20.2. The summed E-state index contributed by atoms with van der Waals surface area (Å²) in [5.41, 5.74) is 33.6. The molecule has 422 valence electrons. The fourth-order valence-corrected chi connectivity index (χ4v) is 9.88. The summed E-state index contributed by atoms with van der Waals surface area (Å²) in [7, 11) is 2.22. The summed E-state index contributed by atoms with van der Waals surface area (Å²) in [5, 5.41) is 21.7. The molecule has 0 saturated carbocycles. The highest BCUT2D eigenvalue weighted by molar-refractivity contribution is 8.76. The quantitative estimate of drug-likeness (QED) is 0.0156. The minimum atomic E-state index is -1.35. The lowest BCUT2D eigenvalue weighted by molar-refractivity contribution is -0.136.